The normalized spacial score (nSPS) is 13.6. The van der Waals surface area contributed by atoms with Gasteiger partial charge in [0.15, 0.2) is 0 Å². The molecular weight excluding hydrogens is 326 g/mol. The van der Waals surface area contributed by atoms with Crippen LogP contribution >= 0.6 is 15.9 Å². The van der Waals surface area contributed by atoms with Gasteiger partial charge in [0.2, 0.25) is 0 Å². The average Bonchev–Trinajstić information content (AvgIpc) is 2.36. The molecule has 1 aromatic carbocycles. The van der Waals surface area contributed by atoms with Gasteiger partial charge in [-0.05, 0) is 42.8 Å². The Labute approximate surface area is 126 Å². The molecule has 1 rings (SSSR count). The number of hydrogen-bond acceptors (Lipinski definition) is 5. The fourth-order valence-electron chi connectivity index (χ4n) is 1.72. The fraction of sp³-hybridized carbons (Fsp3) is 0.462. The molecule has 1 atom stereocenters. The molecule has 0 aromatic heterocycles. The van der Waals surface area contributed by atoms with Crippen LogP contribution in [0.4, 0.5) is 5.69 Å². The number of nitro benzene ring substituents is 1. The molecule has 0 aliphatic carbocycles. The Kier molecular flexibility index (Phi) is 5.48. The molecule has 0 radical (unpaired) electrons. The van der Waals surface area contributed by atoms with Gasteiger partial charge in [0.25, 0.3) is 5.69 Å². The maximum atomic E-state index is 10.8. The highest BCUT2D eigenvalue weighted by atomic mass is 79.9. The van der Waals surface area contributed by atoms with Crippen molar-refractivity contribution in [1.82, 2.24) is 5.32 Å². The van der Waals surface area contributed by atoms with Crippen LogP contribution in [-0.2, 0) is 0 Å². The summed E-state index contributed by atoms with van der Waals surface area (Å²) in [4.78, 5) is 10.3. The van der Waals surface area contributed by atoms with Gasteiger partial charge in [0.05, 0.1) is 11.0 Å². The first-order chi connectivity index (χ1) is 9.29. The number of nitro groups is 1. The Morgan fingerprint density at radius 2 is 2.25 bits per heavy atom. The van der Waals surface area contributed by atoms with E-state index in [0.29, 0.717) is 5.75 Å². The van der Waals surface area contributed by atoms with Crippen molar-refractivity contribution in [2.45, 2.75) is 32.4 Å². The summed E-state index contributed by atoms with van der Waals surface area (Å²) in [6.45, 7) is 5.66. The van der Waals surface area contributed by atoms with Gasteiger partial charge in [-0.3, -0.25) is 15.4 Å². The van der Waals surface area contributed by atoms with Crippen LogP contribution in [0.25, 0.3) is 0 Å². The van der Waals surface area contributed by atoms with Crippen molar-refractivity contribution in [2.75, 3.05) is 6.61 Å². The van der Waals surface area contributed by atoms with E-state index >= 15 is 0 Å². The van der Waals surface area contributed by atoms with E-state index in [4.69, 9.17) is 4.74 Å². The Bertz CT molecular complexity index is 542. The molecule has 1 unspecified atom stereocenters. The fourth-order valence-corrected chi connectivity index (χ4v) is 2.24. The van der Waals surface area contributed by atoms with E-state index in [1.54, 1.807) is 13.0 Å². The molecule has 0 spiro atoms. The highest BCUT2D eigenvalue weighted by Crippen LogP contribution is 2.34. The number of nitriles is 1. The lowest BCUT2D eigenvalue weighted by atomic mass is 10.1. The topological polar surface area (TPSA) is 88.2 Å². The van der Waals surface area contributed by atoms with E-state index in [9.17, 15) is 15.4 Å². The average molecular weight is 342 g/mol. The Morgan fingerprint density at radius 1 is 1.60 bits per heavy atom. The van der Waals surface area contributed by atoms with Crippen molar-refractivity contribution in [1.29, 1.82) is 5.26 Å². The predicted molar refractivity (Wildman–Crippen MR) is 78.6 cm³/mol. The molecule has 108 valence electrons. The molecule has 0 aliphatic rings. The van der Waals surface area contributed by atoms with Crippen LogP contribution in [0.3, 0.4) is 0 Å². The summed E-state index contributed by atoms with van der Waals surface area (Å²) in [7, 11) is 0. The first kappa shape index (κ1) is 16.4. The molecule has 0 amide bonds. The van der Waals surface area contributed by atoms with Crippen molar-refractivity contribution in [3.8, 4) is 11.8 Å². The van der Waals surface area contributed by atoms with Gasteiger partial charge in [-0.2, -0.15) is 5.26 Å². The number of nitrogens with one attached hydrogen (secondary N) is 1. The lowest BCUT2D eigenvalue weighted by molar-refractivity contribution is -0.385. The number of halogens is 1. The second-order valence-corrected chi connectivity index (χ2v) is 5.67. The molecular formula is C13H16BrN3O3. The number of hydrogen-bond donors (Lipinski definition) is 1. The molecule has 0 saturated heterocycles. The molecule has 6 nitrogen and oxygen atoms in total. The summed E-state index contributed by atoms with van der Waals surface area (Å²) >= 11 is 3.15. The number of ether oxygens (including phenoxy) is 1. The third kappa shape index (κ3) is 4.18. The number of rotatable bonds is 6. The minimum absolute atomic E-state index is 0.0713. The Morgan fingerprint density at radius 3 is 2.75 bits per heavy atom. The lowest BCUT2D eigenvalue weighted by Crippen LogP contribution is -2.49. The van der Waals surface area contributed by atoms with Crippen molar-refractivity contribution in [3.05, 3.63) is 32.8 Å². The zero-order valence-corrected chi connectivity index (χ0v) is 13.1. The molecule has 0 heterocycles. The van der Waals surface area contributed by atoms with Gasteiger partial charge < -0.3 is 4.74 Å². The summed E-state index contributed by atoms with van der Waals surface area (Å²) < 4.78 is 5.82. The van der Waals surface area contributed by atoms with E-state index in [-0.39, 0.29) is 22.8 Å². The SMILES string of the molecule is CC(C)NC(C)(C#N)COc1cccc([N+](=O)[O-])c1Br. The second kappa shape index (κ2) is 6.68. The van der Waals surface area contributed by atoms with Gasteiger partial charge in [-0.1, -0.05) is 6.07 Å². The van der Waals surface area contributed by atoms with Crippen molar-refractivity contribution >= 4 is 21.6 Å². The van der Waals surface area contributed by atoms with E-state index in [1.807, 2.05) is 13.8 Å². The summed E-state index contributed by atoms with van der Waals surface area (Å²) in [5.41, 5.74) is -0.934. The van der Waals surface area contributed by atoms with Crippen molar-refractivity contribution in [3.63, 3.8) is 0 Å². The van der Waals surface area contributed by atoms with Crippen molar-refractivity contribution < 1.29 is 9.66 Å². The van der Waals surface area contributed by atoms with Gasteiger partial charge in [-0.15, -0.1) is 0 Å². The Hall–Kier alpha value is -1.65. The van der Waals surface area contributed by atoms with Gasteiger partial charge in [0.1, 0.15) is 22.4 Å². The maximum Gasteiger partial charge on any atom is 0.287 e. The molecule has 7 heteroatoms. The lowest BCUT2D eigenvalue weighted by Gasteiger charge is -2.26. The number of nitrogens with zero attached hydrogens (tertiary/aromatic N) is 2. The standard InChI is InChI=1S/C13H16BrN3O3/c1-9(2)16-13(3,7-15)8-20-11-6-4-5-10(12(11)14)17(18)19/h4-6,9,16H,8H2,1-3H3. The van der Waals surface area contributed by atoms with Gasteiger partial charge in [0, 0.05) is 12.1 Å². The van der Waals surface area contributed by atoms with E-state index in [2.05, 4.69) is 27.3 Å². The largest absolute Gasteiger partial charge is 0.489 e. The zero-order chi connectivity index (χ0) is 15.3. The molecule has 1 aromatic rings. The smallest absolute Gasteiger partial charge is 0.287 e. The summed E-state index contributed by atoms with van der Waals surface area (Å²) in [5, 5.41) is 23.1. The van der Waals surface area contributed by atoms with E-state index in [1.165, 1.54) is 12.1 Å². The maximum absolute atomic E-state index is 10.8. The second-order valence-electron chi connectivity index (χ2n) is 4.88. The quantitative estimate of drug-likeness (QED) is 0.634. The van der Waals surface area contributed by atoms with E-state index in [0.717, 1.165) is 0 Å². The minimum Gasteiger partial charge on any atom is -0.489 e. The zero-order valence-electron chi connectivity index (χ0n) is 11.5. The molecule has 0 bridgehead atoms. The number of benzene rings is 1. The predicted octanol–water partition coefficient (Wildman–Crippen LogP) is 3.02. The van der Waals surface area contributed by atoms with Crippen LogP contribution in [0.1, 0.15) is 20.8 Å². The van der Waals surface area contributed by atoms with Crippen LogP contribution in [-0.4, -0.2) is 23.1 Å². The summed E-state index contributed by atoms with van der Waals surface area (Å²) in [5.74, 6) is 0.339. The highest BCUT2D eigenvalue weighted by Gasteiger charge is 2.26. The monoisotopic (exact) mass is 341 g/mol. The first-order valence-corrected chi connectivity index (χ1v) is 6.83. The van der Waals surface area contributed by atoms with Crippen LogP contribution in [0.15, 0.2) is 22.7 Å². The van der Waals surface area contributed by atoms with Crippen LogP contribution in [0, 0.1) is 21.4 Å². The molecule has 1 N–H and O–H groups in total. The van der Waals surface area contributed by atoms with Crippen LogP contribution in [0.5, 0.6) is 5.75 Å². The summed E-state index contributed by atoms with van der Waals surface area (Å²) in [6, 6.07) is 6.81. The van der Waals surface area contributed by atoms with E-state index < -0.39 is 10.5 Å². The van der Waals surface area contributed by atoms with Gasteiger partial charge >= 0.3 is 0 Å². The third-order valence-corrected chi connectivity index (χ3v) is 3.31. The van der Waals surface area contributed by atoms with Crippen LogP contribution in [0.2, 0.25) is 0 Å². The molecule has 0 fully saturated rings. The van der Waals surface area contributed by atoms with Crippen LogP contribution < -0.4 is 10.1 Å². The molecule has 20 heavy (non-hydrogen) atoms. The molecule has 0 saturated carbocycles. The Balaban J connectivity index is 2.87. The minimum atomic E-state index is -0.863. The first-order valence-electron chi connectivity index (χ1n) is 6.04. The highest BCUT2D eigenvalue weighted by molar-refractivity contribution is 9.10. The van der Waals surface area contributed by atoms with Gasteiger partial charge in [-0.25, -0.2) is 0 Å². The molecule has 0 aliphatic heterocycles. The summed E-state index contributed by atoms with van der Waals surface area (Å²) in [6.07, 6.45) is 0. The third-order valence-electron chi connectivity index (χ3n) is 2.51. The van der Waals surface area contributed by atoms with Crippen molar-refractivity contribution in [2.24, 2.45) is 0 Å².